The number of aryl methyl sites for hydroxylation is 1. The maximum Gasteiger partial charge on any atom is 0.306 e. The summed E-state index contributed by atoms with van der Waals surface area (Å²) in [5.41, 5.74) is 3.92. The van der Waals surface area contributed by atoms with Crippen LogP contribution in [-0.2, 0) is 16.0 Å². The van der Waals surface area contributed by atoms with Gasteiger partial charge >= 0.3 is 5.97 Å². The minimum Gasteiger partial charge on any atom is -0.481 e. The number of halogens is 1. The van der Waals surface area contributed by atoms with Gasteiger partial charge in [0.2, 0.25) is 0 Å². The van der Waals surface area contributed by atoms with Crippen LogP contribution in [0.25, 0.3) is 0 Å². The Morgan fingerprint density at radius 2 is 1.89 bits per heavy atom. The first-order valence-electron chi connectivity index (χ1n) is 13.2. The molecule has 1 heterocycles. The van der Waals surface area contributed by atoms with Crippen molar-refractivity contribution in [2.45, 2.75) is 89.9 Å². The molecule has 3 aliphatic carbocycles. The largest absolute Gasteiger partial charge is 0.481 e. The third kappa shape index (κ3) is 5.07. The average molecular weight is 498 g/mol. The van der Waals surface area contributed by atoms with Gasteiger partial charge in [0.25, 0.3) is 0 Å². The van der Waals surface area contributed by atoms with Gasteiger partial charge in [-0.05, 0) is 86.8 Å². The Hall–Kier alpha value is -2.14. The predicted octanol–water partition coefficient (Wildman–Crippen LogP) is 7.06. The number of benzene rings is 1. The van der Waals surface area contributed by atoms with Crippen LogP contribution < -0.4 is 0 Å². The number of Topliss-reactive ketones (excluding diaryl/α,β-unsaturated/α-hetero) is 1. The summed E-state index contributed by atoms with van der Waals surface area (Å²) >= 11 is 6.42. The van der Waals surface area contributed by atoms with Gasteiger partial charge in [0.15, 0.2) is 0 Å². The van der Waals surface area contributed by atoms with Crippen LogP contribution >= 0.6 is 11.6 Å². The van der Waals surface area contributed by atoms with E-state index in [1.165, 1.54) is 12.0 Å². The standard InChI is InChI=1S/C29H36ClNO4/c1-15(2)8-17-10-20(11-17)28-26(18-6-7-18)27(31-35-28)23-13-21(29(33)34)12-22(23)25(32)14-19-5-4-16(3)9-24(19)30/h4-5,9,15,17-18,20-23H,6-8,10-14H2,1-3H3,(H,33,34). The summed E-state index contributed by atoms with van der Waals surface area (Å²) in [4.78, 5) is 25.5. The molecule has 3 atom stereocenters. The quantitative estimate of drug-likeness (QED) is 0.401. The van der Waals surface area contributed by atoms with E-state index in [1.807, 2.05) is 25.1 Å². The molecule has 5 nitrogen and oxygen atoms in total. The SMILES string of the molecule is Cc1ccc(CC(=O)C2CC(C(=O)O)CC2c2noc(C3CC(CC(C)C)C3)c2C2CC2)c(Cl)c1. The van der Waals surface area contributed by atoms with Crippen LogP contribution in [0.3, 0.4) is 0 Å². The average Bonchev–Trinajstić information content (AvgIpc) is 3.35. The lowest BCUT2D eigenvalue weighted by Gasteiger charge is -2.35. The molecule has 2 aromatic rings. The van der Waals surface area contributed by atoms with Crippen molar-refractivity contribution >= 4 is 23.4 Å². The van der Waals surface area contributed by atoms with Gasteiger partial charge in [-0.2, -0.15) is 0 Å². The Bertz CT molecular complexity index is 1110. The molecule has 188 valence electrons. The minimum absolute atomic E-state index is 0.0523. The topological polar surface area (TPSA) is 80.4 Å². The number of aromatic nitrogens is 1. The number of aliphatic carboxylic acids is 1. The molecule has 3 saturated carbocycles. The molecule has 0 radical (unpaired) electrons. The van der Waals surface area contributed by atoms with Gasteiger partial charge in [-0.1, -0.05) is 42.7 Å². The van der Waals surface area contributed by atoms with Gasteiger partial charge < -0.3 is 9.63 Å². The molecular weight excluding hydrogens is 462 g/mol. The fourth-order valence-electron chi connectivity index (χ4n) is 6.49. The molecule has 6 heteroatoms. The summed E-state index contributed by atoms with van der Waals surface area (Å²) in [6.07, 6.45) is 6.79. The van der Waals surface area contributed by atoms with Gasteiger partial charge in [0.1, 0.15) is 11.5 Å². The fourth-order valence-corrected chi connectivity index (χ4v) is 6.79. The first-order chi connectivity index (χ1) is 16.7. The van der Waals surface area contributed by atoms with Crippen LogP contribution in [0, 0.1) is 30.6 Å². The second-order valence-electron chi connectivity index (χ2n) is 11.7. The zero-order valence-corrected chi connectivity index (χ0v) is 21.7. The van der Waals surface area contributed by atoms with E-state index in [0.717, 1.165) is 54.2 Å². The van der Waals surface area contributed by atoms with E-state index in [2.05, 4.69) is 19.0 Å². The molecule has 1 aromatic heterocycles. The molecule has 0 aliphatic heterocycles. The number of carboxylic acid groups (broad SMARTS) is 1. The number of nitrogens with zero attached hydrogens (tertiary/aromatic N) is 1. The number of carbonyl (C=O) groups is 2. The summed E-state index contributed by atoms with van der Waals surface area (Å²) in [7, 11) is 0. The van der Waals surface area contributed by atoms with Crippen LogP contribution in [0.4, 0.5) is 0 Å². The van der Waals surface area contributed by atoms with E-state index >= 15 is 0 Å². The molecule has 5 rings (SSSR count). The summed E-state index contributed by atoms with van der Waals surface area (Å²) < 4.78 is 6.01. The van der Waals surface area contributed by atoms with E-state index in [1.54, 1.807) is 0 Å². The molecule has 0 bridgehead atoms. The third-order valence-electron chi connectivity index (χ3n) is 8.43. The van der Waals surface area contributed by atoms with Gasteiger partial charge in [0.05, 0.1) is 11.6 Å². The van der Waals surface area contributed by atoms with Gasteiger partial charge in [-0.15, -0.1) is 0 Å². The van der Waals surface area contributed by atoms with E-state index in [0.29, 0.717) is 35.6 Å². The molecule has 1 aromatic carbocycles. The second-order valence-corrected chi connectivity index (χ2v) is 12.1. The van der Waals surface area contributed by atoms with Crippen molar-refractivity contribution in [3.05, 3.63) is 51.4 Å². The molecule has 0 amide bonds. The molecule has 3 aliphatic rings. The lowest BCUT2D eigenvalue weighted by molar-refractivity contribution is -0.141. The van der Waals surface area contributed by atoms with E-state index < -0.39 is 11.9 Å². The fraction of sp³-hybridized carbons (Fsp3) is 0.621. The Morgan fingerprint density at radius 1 is 1.14 bits per heavy atom. The normalized spacial score (nSPS) is 28.3. The summed E-state index contributed by atoms with van der Waals surface area (Å²) in [5.74, 6) is 1.44. The number of carboxylic acids is 1. The van der Waals surface area contributed by atoms with Crippen LogP contribution in [0.5, 0.6) is 0 Å². The molecule has 3 fully saturated rings. The summed E-state index contributed by atoms with van der Waals surface area (Å²) in [6.45, 7) is 6.52. The first-order valence-corrected chi connectivity index (χ1v) is 13.6. The Balaban J connectivity index is 1.40. The zero-order chi connectivity index (χ0) is 24.9. The monoisotopic (exact) mass is 497 g/mol. The number of carbonyl (C=O) groups excluding carboxylic acids is 1. The van der Waals surface area contributed by atoms with Crippen LogP contribution in [-0.4, -0.2) is 22.0 Å². The highest BCUT2D eigenvalue weighted by atomic mass is 35.5. The van der Waals surface area contributed by atoms with Crippen molar-refractivity contribution in [3.8, 4) is 0 Å². The van der Waals surface area contributed by atoms with Crippen molar-refractivity contribution in [1.82, 2.24) is 5.16 Å². The van der Waals surface area contributed by atoms with E-state index in [4.69, 9.17) is 16.1 Å². The van der Waals surface area contributed by atoms with Crippen molar-refractivity contribution in [2.75, 3.05) is 0 Å². The maximum absolute atomic E-state index is 13.5. The second kappa shape index (κ2) is 9.72. The highest BCUT2D eigenvalue weighted by molar-refractivity contribution is 6.31. The van der Waals surface area contributed by atoms with Crippen molar-refractivity contribution < 1.29 is 19.2 Å². The zero-order valence-electron chi connectivity index (χ0n) is 20.9. The predicted molar refractivity (Wildman–Crippen MR) is 135 cm³/mol. The maximum atomic E-state index is 13.5. The Kier molecular flexibility index (Phi) is 6.82. The lowest BCUT2D eigenvalue weighted by Crippen LogP contribution is -2.24. The van der Waals surface area contributed by atoms with Crippen LogP contribution in [0.1, 0.15) is 105 Å². The van der Waals surface area contributed by atoms with Crippen molar-refractivity contribution in [2.24, 2.45) is 23.7 Å². The van der Waals surface area contributed by atoms with Gasteiger partial charge in [0, 0.05) is 34.8 Å². The highest BCUT2D eigenvalue weighted by Gasteiger charge is 2.48. The number of hydrogen-bond acceptors (Lipinski definition) is 4. The van der Waals surface area contributed by atoms with Crippen LogP contribution in [0.15, 0.2) is 22.7 Å². The van der Waals surface area contributed by atoms with Crippen molar-refractivity contribution in [3.63, 3.8) is 0 Å². The summed E-state index contributed by atoms with van der Waals surface area (Å²) in [6, 6.07) is 5.74. The molecule has 3 unspecified atom stereocenters. The van der Waals surface area contributed by atoms with E-state index in [9.17, 15) is 14.7 Å². The van der Waals surface area contributed by atoms with Crippen molar-refractivity contribution in [1.29, 1.82) is 0 Å². The molecule has 35 heavy (non-hydrogen) atoms. The number of ketones is 1. The molecule has 0 saturated heterocycles. The molecule has 0 spiro atoms. The smallest absolute Gasteiger partial charge is 0.306 e. The minimum atomic E-state index is -0.828. The van der Waals surface area contributed by atoms with E-state index in [-0.39, 0.29) is 24.0 Å². The number of hydrogen-bond donors (Lipinski definition) is 1. The molecular formula is C29H36ClNO4. The number of rotatable bonds is 9. The Morgan fingerprint density at radius 3 is 2.51 bits per heavy atom. The Labute approximate surface area is 212 Å². The lowest BCUT2D eigenvalue weighted by atomic mass is 9.69. The van der Waals surface area contributed by atoms with Crippen LogP contribution in [0.2, 0.25) is 5.02 Å². The van der Waals surface area contributed by atoms with Gasteiger partial charge in [-0.25, -0.2) is 0 Å². The third-order valence-corrected chi connectivity index (χ3v) is 8.78. The molecule has 1 N–H and O–H groups in total. The summed E-state index contributed by atoms with van der Waals surface area (Å²) in [5, 5.41) is 15.0. The highest BCUT2D eigenvalue weighted by Crippen LogP contribution is 2.55. The van der Waals surface area contributed by atoms with Gasteiger partial charge in [-0.3, -0.25) is 9.59 Å². The first kappa shape index (κ1) is 24.5.